The molecule has 3 aromatic rings. The van der Waals surface area contributed by atoms with E-state index in [4.69, 9.17) is 0 Å². The number of ketones is 1. The Kier molecular flexibility index (Phi) is 4.93. The van der Waals surface area contributed by atoms with Crippen molar-refractivity contribution in [2.24, 2.45) is 0 Å². The van der Waals surface area contributed by atoms with Crippen LogP contribution < -0.4 is 9.36 Å². The summed E-state index contributed by atoms with van der Waals surface area (Å²) in [6, 6.07) is 27.2. The maximum absolute atomic E-state index is 13.5. The van der Waals surface area contributed by atoms with Gasteiger partial charge in [0.05, 0.1) is 0 Å². The van der Waals surface area contributed by atoms with Gasteiger partial charge in [-0.3, -0.25) is 0 Å². The monoisotopic (exact) mass is 421 g/mol. The fraction of sp³-hybridized carbons (Fsp3) is 0.130. The van der Waals surface area contributed by atoms with E-state index in [0.29, 0.717) is 11.3 Å². The Hall–Kier alpha value is -2.68. The molecule has 2 atom stereocenters. The van der Waals surface area contributed by atoms with Gasteiger partial charge in [-0.05, 0) is 0 Å². The second kappa shape index (κ2) is 7.51. The third-order valence-electron chi connectivity index (χ3n) is 4.74. The molecule has 0 N–H and O–H groups in total. The van der Waals surface area contributed by atoms with Crippen LogP contribution in [0.1, 0.15) is 28.9 Å². The van der Waals surface area contributed by atoms with Gasteiger partial charge in [0.1, 0.15) is 0 Å². The Labute approximate surface area is 165 Å². The molecule has 0 spiro atoms. The van der Waals surface area contributed by atoms with Crippen LogP contribution in [0.3, 0.4) is 0 Å². The average Bonchev–Trinajstić information content (AvgIpc) is 2.71. The van der Waals surface area contributed by atoms with Gasteiger partial charge >= 0.3 is 165 Å². The van der Waals surface area contributed by atoms with Gasteiger partial charge in [0, 0.05) is 0 Å². The van der Waals surface area contributed by atoms with E-state index in [1.807, 2.05) is 72.8 Å². The molecule has 0 saturated heterocycles. The molecule has 0 aromatic heterocycles. The molecule has 27 heavy (non-hydrogen) atoms. The van der Waals surface area contributed by atoms with Crippen molar-refractivity contribution in [3.63, 3.8) is 0 Å². The third kappa shape index (κ3) is 3.34. The molecule has 0 aliphatic carbocycles. The summed E-state index contributed by atoms with van der Waals surface area (Å²) in [5.74, 6) is 0.0819. The predicted molar refractivity (Wildman–Crippen MR) is 109 cm³/mol. The summed E-state index contributed by atoms with van der Waals surface area (Å²) in [7, 11) is 0. The van der Waals surface area contributed by atoms with Crippen LogP contribution in [-0.2, 0) is 4.79 Å². The zero-order chi connectivity index (χ0) is 18.8. The molecule has 0 radical (unpaired) electrons. The molecule has 3 nitrogen and oxygen atoms in total. The standard InChI is InChI=1S/C23H19NO2Se/c1-16(25)24-20-15-9-8-14-19(20)22(26)23(27-18-12-6-3-7-13-18)21(24)17-10-4-2-5-11-17/h2-15,21,23H,1H3. The van der Waals surface area contributed by atoms with Gasteiger partial charge in [-0.15, -0.1) is 0 Å². The summed E-state index contributed by atoms with van der Waals surface area (Å²) in [5, 5.41) is 0. The summed E-state index contributed by atoms with van der Waals surface area (Å²) in [6.45, 7) is 1.58. The zero-order valence-electron chi connectivity index (χ0n) is 14.9. The molecular weight excluding hydrogens is 401 g/mol. The molecule has 0 saturated carbocycles. The van der Waals surface area contributed by atoms with Crippen molar-refractivity contribution in [3.8, 4) is 0 Å². The van der Waals surface area contributed by atoms with Crippen LogP contribution in [0.2, 0.25) is 4.82 Å². The number of para-hydroxylation sites is 1. The van der Waals surface area contributed by atoms with E-state index in [-0.39, 0.29) is 37.5 Å². The summed E-state index contributed by atoms with van der Waals surface area (Å²) in [4.78, 5) is 27.7. The number of rotatable bonds is 3. The number of carbonyl (C=O) groups is 2. The average molecular weight is 420 g/mol. The minimum atomic E-state index is -0.286. The Morgan fingerprint density at radius 3 is 2.11 bits per heavy atom. The molecule has 1 aliphatic heterocycles. The molecule has 3 aromatic carbocycles. The van der Waals surface area contributed by atoms with E-state index in [1.54, 1.807) is 11.8 Å². The maximum atomic E-state index is 13.5. The SMILES string of the molecule is CC(=O)N1c2ccccc2C(=O)C([Se]c2ccccc2)C1c1ccccc1. The van der Waals surface area contributed by atoms with Crippen LogP contribution in [0.15, 0.2) is 84.9 Å². The molecule has 1 aliphatic rings. The van der Waals surface area contributed by atoms with Crippen molar-refractivity contribution in [2.75, 3.05) is 4.90 Å². The topological polar surface area (TPSA) is 37.4 Å². The fourth-order valence-electron chi connectivity index (χ4n) is 3.58. The first-order valence-corrected chi connectivity index (χ1v) is 10.7. The predicted octanol–water partition coefficient (Wildman–Crippen LogP) is 3.80. The molecule has 4 heteroatoms. The Balaban J connectivity index is 1.88. The van der Waals surface area contributed by atoms with Crippen molar-refractivity contribution in [1.82, 2.24) is 0 Å². The van der Waals surface area contributed by atoms with Crippen molar-refractivity contribution < 1.29 is 9.59 Å². The van der Waals surface area contributed by atoms with Crippen LogP contribution in [0.5, 0.6) is 0 Å². The number of hydrogen-bond donors (Lipinski definition) is 0. The van der Waals surface area contributed by atoms with Crippen LogP contribution >= 0.6 is 0 Å². The first-order valence-electron chi connectivity index (χ1n) is 8.86. The molecule has 0 bridgehead atoms. The molecule has 1 heterocycles. The molecule has 0 fully saturated rings. The quantitative estimate of drug-likeness (QED) is 0.605. The second-order valence-electron chi connectivity index (χ2n) is 6.48. The van der Waals surface area contributed by atoms with E-state index < -0.39 is 0 Å². The second-order valence-corrected chi connectivity index (χ2v) is 9.03. The number of carbonyl (C=O) groups excluding carboxylic acids is 2. The van der Waals surface area contributed by atoms with Gasteiger partial charge < -0.3 is 0 Å². The van der Waals surface area contributed by atoms with E-state index in [2.05, 4.69) is 12.1 Å². The fourth-order valence-corrected chi connectivity index (χ4v) is 6.20. The summed E-state index contributed by atoms with van der Waals surface area (Å²) in [5.41, 5.74) is 2.35. The number of amides is 1. The Morgan fingerprint density at radius 2 is 1.44 bits per heavy atom. The summed E-state index contributed by atoms with van der Waals surface area (Å²) < 4.78 is 1.16. The van der Waals surface area contributed by atoms with E-state index in [0.717, 1.165) is 10.0 Å². The van der Waals surface area contributed by atoms with Gasteiger partial charge in [-0.1, -0.05) is 0 Å². The zero-order valence-corrected chi connectivity index (χ0v) is 16.6. The third-order valence-corrected chi connectivity index (χ3v) is 7.40. The molecule has 2 unspecified atom stereocenters. The number of fused-ring (bicyclic) bond motifs is 1. The number of anilines is 1. The van der Waals surface area contributed by atoms with E-state index in [1.165, 1.54) is 0 Å². The molecular formula is C23H19NO2Se. The first-order chi connectivity index (χ1) is 13.2. The number of hydrogen-bond acceptors (Lipinski definition) is 2. The van der Waals surface area contributed by atoms with Crippen LogP contribution in [-0.4, -0.2) is 26.6 Å². The Morgan fingerprint density at radius 1 is 0.852 bits per heavy atom. The normalized spacial score (nSPS) is 18.9. The number of nitrogens with zero attached hydrogens (tertiary/aromatic N) is 1. The van der Waals surface area contributed by atoms with E-state index >= 15 is 0 Å². The van der Waals surface area contributed by atoms with Crippen molar-refractivity contribution in [3.05, 3.63) is 96.1 Å². The summed E-state index contributed by atoms with van der Waals surface area (Å²) >= 11 is -0.0971. The van der Waals surface area contributed by atoms with Gasteiger partial charge in [0.25, 0.3) is 0 Å². The van der Waals surface area contributed by atoms with Gasteiger partial charge in [0.2, 0.25) is 0 Å². The van der Waals surface area contributed by atoms with Crippen LogP contribution in [0, 0.1) is 0 Å². The van der Waals surface area contributed by atoms with Crippen molar-refractivity contribution >= 4 is 36.8 Å². The molecule has 1 amide bonds. The molecule has 4 rings (SSSR count). The number of Topliss-reactive ketones (excluding diaryl/α,β-unsaturated/α-hetero) is 1. The Bertz CT molecular complexity index is 972. The minimum absolute atomic E-state index is 0.0438. The van der Waals surface area contributed by atoms with Crippen molar-refractivity contribution in [1.29, 1.82) is 0 Å². The molecule has 134 valence electrons. The van der Waals surface area contributed by atoms with Gasteiger partial charge in [-0.2, -0.15) is 0 Å². The van der Waals surface area contributed by atoms with Crippen molar-refractivity contribution in [2.45, 2.75) is 17.8 Å². The van der Waals surface area contributed by atoms with Gasteiger partial charge in [0.15, 0.2) is 0 Å². The van der Waals surface area contributed by atoms with Crippen LogP contribution in [0.4, 0.5) is 5.69 Å². The van der Waals surface area contributed by atoms with Crippen LogP contribution in [0.25, 0.3) is 0 Å². The van der Waals surface area contributed by atoms with Gasteiger partial charge in [-0.25, -0.2) is 0 Å². The summed E-state index contributed by atoms with van der Waals surface area (Å²) in [6.07, 6.45) is 0. The van der Waals surface area contributed by atoms with E-state index in [9.17, 15) is 9.59 Å². The number of benzene rings is 3. The first kappa shape index (κ1) is 17.7.